The number of nitrogens with one attached hydrogen (secondary N) is 3. The number of nitrogens with zero attached hydrogens (tertiary/aromatic N) is 1. The number of fused-ring (bicyclic) bond motifs is 1. The zero-order valence-corrected chi connectivity index (χ0v) is 12.8. The number of amides is 1. The summed E-state index contributed by atoms with van der Waals surface area (Å²) in [4.78, 5) is 16.9. The first-order chi connectivity index (χ1) is 10.8. The van der Waals surface area contributed by atoms with Crippen molar-refractivity contribution in [1.29, 1.82) is 0 Å². The van der Waals surface area contributed by atoms with Crippen molar-refractivity contribution in [3.8, 4) is 0 Å². The Bertz CT molecular complexity index is 582. The minimum absolute atomic E-state index is 0.0172. The van der Waals surface area contributed by atoms with E-state index in [4.69, 9.17) is 0 Å². The summed E-state index contributed by atoms with van der Waals surface area (Å²) in [7, 11) is 0. The van der Waals surface area contributed by atoms with Crippen molar-refractivity contribution in [3.05, 3.63) is 54.0 Å². The van der Waals surface area contributed by atoms with Crippen LogP contribution in [0.3, 0.4) is 0 Å². The predicted molar refractivity (Wildman–Crippen MR) is 85.4 cm³/mol. The van der Waals surface area contributed by atoms with Gasteiger partial charge in [0.15, 0.2) is 0 Å². The maximum absolute atomic E-state index is 12.6. The Labute approximate surface area is 130 Å². The average Bonchev–Trinajstić information content (AvgIpc) is 2.90. The minimum atomic E-state index is -0.232. The van der Waals surface area contributed by atoms with Gasteiger partial charge >= 0.3 is 0 Å². The van der Waals surface area contributed by atoms with Gasteiger partial charge in [0.2, 0.25) is 5.91 Å². The number of rotatable bonds is 3. The largest absolute Gasteiger partial charge is 0.347 e. The highest BCUT2D eigenvalue weighted by Gasteiger charge is 2.36. The lowest BCUT2D eigenvalue weighted by Gasteiger charge is -2.21. The van der Waals surface area contributed by atoms with E-state index in [-0.39, 0.29) is 23.9 Å². The molecule has 3 rings (SSSR count). The molecule has 5 nitrogen and oxygen atoms in total. The fraction of sp³-hybridized carbons (Fsp3) is 0.412. The van der Waals surface area contributed by atoms with E-state index in [0.717, 1.165) is 30.7 Å². The van der Waals surface area contributed by atoms with Crippen molar-refractivity contribution in [1.82, 2.24) is 21.2 Å². The zero-order chi connectivity index (χ0) is 15.4. The number of pyridine rings is 1. The predicted octanol–water partition coefficient (Wildman–Crippen LogP) is 1.98. The van der Waals surface area contributed by atoms with Crippen molar-refractivity contribution in [2.24, 2.45) is 5.92 Å². The topological polar surface area (TPSA) is 66.1 Å². The van der Waals surface area contributed by atoms with E-state index in [0.29, 0.717) is 0 Å². The molecule has 3 atom stereocenters. The first-order valence-corrected chi connectivity index (χ1v) is 7.85. The second-order valence-electron chi connectivity index (χ2n) is 5.82. The molecule has 3 N–H and O–H groups in total. The lowest BCUT2D eigenvalue weighted by molar-refractivity contribution is -0.124. The van der Waals surface area contributed by atoms with E-state index in [2.05, 4.69) is 39.4 Å². The lowest BCUT2D eigenvalue weighted by Crippen LogP contribution is -2.46. The SMILES string of the molecule is C[C@@H](NC(=O)C1NNC2=CC=CCCCC21)c1ccccn1. The first kappa shape index (κ1) is 14.8. The highest BCUT2D eigenvalue weighted by atomic mass is 16.2. The molecule has 1 aliphatic carbocycles. The Morgan fingerprint density at radius 2 is 2.36 bits per heavy atom. The molecule has 2 unspecified atom stereocenters. The number of hydrazine groups is 1. The molecule has 1 aliphatic heterocycles. The third kappa shape index (κ3) is 3.20. The van der Waals surface area contributed by atoms with Crippen LogP contribution < -0.4 is 16.2 Å². The lowest BCUT2D eigenvalue weighted by atomic mass is 9.90. The molecule has 0 radical (unpaired) electrons. The molecule has 22 heavy (non-hydrogen) atoms. The molecule has 0 saturated carbocycles. The zero-order valence-electron chi connectivity index (χ0n) is 12.8. The van der Waals surface area contributed by atoms with Gasteiger partial charge in [-0.2, -0.15) is 0 Å². The van der Waals surface area contributed by atoms with Crippen LogP contribution in [0.4, 0.5) is 0 Å². The summed E-state index contributed by atoms with van der Waals surface area (Å²) < 4.78 is 0. The van der Waals surface area contributed by atoms with Crippen LogP contribution in [0.1, 0.15) is 37.9 Å². The molecule has 0 aromatic carbocycles. The van der Waals surface area contributed by atoms with E-state index < -0.39 is 0 Å². The summed E-state index contributed by atoms with van der Waals surface area (Å²) in [6.07, 6.45) is 11.2. The Balaban J connectivity index is 1.67. The average molecular weight is 298 g/mol. The summed E-state index contributed by atoms with van der Waals surface area (Å²) in [5.41, 5.74) is 8.25. The summed E-state index contributed by atoms with van der Waals surface area (Å²) in [6.45, 7) is 1.96. The number of allylic oxidation sites excluding steroid dienone is 3. The Morgan fingerprint density at radius 1 is 1.45 bits per heavy atom. The van der Waals surface area contributed by atoms with Gasteiger partial charge in [0.1, 0.15) is 6.04 Å². The van der Waals surface area contributed by atoms with Crippen LogP contribution in [-0.2, 0) is 4.79 Å². The molecule has 1 fully saturated rings. The van der Waals surface area contributed by atoms with Gasteiger partial charge in [-0.15, -0.1) is 0 Å². The molecule has 5 heteroatoms. The number of hydrogen-bond acceptors (Lipinski definition) is 4. The first-order valence-electron chi connectivity index (χ1n) is 7.85. The maximum atomic E-state index is 12.6. The molecule has 1 amide bonds. The van der Waals surface area contributed by atoms with Crippen LogP contribution in [0, 0.1) is 5.92 Å². The number of hydrogen-bond donors (Lipinski definition) is 3. The summed E-state index contributed by atoms with van der Waals surface area (Å²) in [5.74, 6) is 0.226. The summed E-state index contributed by atoms with van der Waals surface area (Å²) in [5, 5.41) is 3.06. The highest BCUT2D eigenvalue weighted by Crippen LogP contribution is 2.26. The molecule has 1 aromatic heterocycles. The second kappa shape index (κ2) is 6.75. The van der Waals surface area contributed by atoms with Gasteiger partial charge < -0.3 is 10.7 Å². The van der Waals surface area contributed by atoms with Crippen LogP contribution in [0.2, 0.25) is 0 Å². The number of carbonyl (C=O) groups excluding carboxylic acids is 1. The third-order valence-corrected chi connectivity index (χ3v) is 4.24. The Kier molecular flexibility index (Phi) is 4.53. The molecule has 1 saturated heterocycles. The van der Waals surface area contributed by atoms with Gasteiger partial charge in [-0.1, -0.05) is 18.2 Å². The van der Waals surface area contributed by atoms with Gasteiger partial charge in [-0.05, 0) is 44.4 Å². The van der Waals surface area contributed by atoms with Crippen LogP contribution in [0.5, 0.6) is 0 Å². The van der Waals surface area contributed by atoms with Crippen LogP contribution in [-0.4, -0.2) is 16.9 Å². The monoisotopic (exact) mass is 298 g/mol. The van der Waals surface area contributed by atoms with Crippen LogP contribution in [0.25, 0.3) is 0 Å². The smallest absolute Gasteiger partial charge is 0.240 e. The Morgan fingerprint density at radius 3 is 3.18 bits per heavy atom. The highest BCUT2D eigenvalue weighted by molar-refractivity contribution is 5.83. The van der Waals surface area contributed by atoms with Crippen LogP contribution >= 0.6 is 0 Å². The fourth-order valence-electron chi connectivity index (χ4n) is 3.00. The van der Waals surface area contributed by atoms with Gasteiger partial charge in [0.25, 0.3) is 0 Å². The van der Waals surface area contributed by atoms with Crippen molar-refractivity contribution in [2.75, 3.05) is 0 Å². The van der Waals surface area contributed by atoms with Crippen molar-refractivity contribution < 1.29 is 4.79 Å². The van der Waals surface area contributed by atoms with Gasteiger partial charge in [0, 0.05) is 17.8 Å². The number of carbonyl (C=O) groups is 1. The molecular formula is C17H22N4O. The van der Waals surface area contributed by atoms with Crippen molar-refractivity contribution in [3.63, 3.8) is 0 Å². The van der Waals surface area contributed by atoms with Crippen LogP contribution in [0.15, 0.2) is 48.3 Å². The maximum Gasteiger partial charge on any atom is 0.240 e. The normalized spacial score (nSPS) is 25.2. The summed E-state index contributed by atoms with van der Waals surface area (Å²) >= 11 is 0. The molecule has 2 heterocycles. The molecule has 1 aromatic rings. The molecule has 2 aliphatic rings. The van der Waals surface area contributed by atoms with E-state index in [9.17, 15) is 4.79 Å². The molecular weight excluding hydrogens is 276 g/mol. The fourth-order valence-corrected chi connectivity index (χ4v) is 3.00. The van der Waals surface area contributed by atoms with E-state index in [1.54, 1.807) is 6.20 Å². The van der Waals surface area contributed by atoms with E-state index in [1.165, 1.54) is 0 Å². The second-order valence-corrected chi connectivity index (χ2v) is 5.82. The number of aromatic nitrogens is 1. The standard InChI is InChI=1S/C17H22N4O/c1-12(14-9-6-7-11-18-14)19-17(22)16-13-8-4-2-3-5-10-15(13)20-21-16/h3,5-7,9-13,16,20-21H,2,4,8H2,1H3,(H,19,22)/t12-,13?,16?/m1/s1. The quantitative estimate of drug-likeness (QED) is 0.798. The summed E-state index contributed by atoms with van der Waals surface area (Å²) in [6, 6.07) is 5.40. The van der Waals surface area contributed by atoms with Crippen molar-refractivity contribution >= 4 is 5.91 Å². The molecule has 116 valence electrons. The Hall–Kier alpha value is -2.14. The minimum Gasteiger partial charge on any atom is -0.347 e. The van der Waals surface area contributed by atoms with Gasteiger partial charge in [-0.25, -0.2) is 5.43 Å². The van der Waals surface area contributed by atoms with Gasteiger partial charge in [-0.3, -0.25) is 9.78 Å². The molecule has 0 spiro atoms. The van der Waals surface area contributed by atoms with E-state index in [1.807, 2.05) is 25.1 Å². The van der Waals surface area contributed by atoms with Crippen molar-refractivity contribution in [2.45, 2.75) is 38.3 Å². The van der Waals surface area contributed by atoms with E-state index >= 15 is 0 Å². The van der Waals surface area contributed by atoms with Gasteiger partial charge in [0.05, 0.1) is 11.7 Å². The molecule has 0 bridgehead atoms. The third-order valence-electron chi connectivity index (χ3n) is 4.24.